The summed E-state index contributed by atoms with van der Waals surface area (Å²) in [6, 6.07) is 9.71. The molecule has 2 aromatic carbocycles. The van der Waals surface area contributed by atoms with Crippen LogP contribution in [0.3, 0.4) is 0 Å². The van der Waals surface area contributed by atoms with Gasteiger partial charge in [0.1, 0.15) is 11.8 Å². The van der Waals surface area contributed by atoms with Crippen molar-refractivity contribution in [1.29, 1.82) is 0 Å². The molecule has 35 heavy (non-hydrogen) atoms. The molecule has 1 aromatic heterocycles. The van der Waals surface area contributed by atoms with Crippen LogP contribution in [-0.2, 0) is 9.53 Å². The SMILES string of the molecule is COc1ccc(Br)cc1[C@H]1C(C(=O)OC(C)C)=C(C)N=c2s/c(=C\c3ccc(Cl)cc3Cl)c(=O)n21. The molecule has 1 aliphatic heterocycles. The van der Waals surface area contributed by atoms with Crippen LogP contribution in [0.15, 0.2) is 61.9 Å². The lowest BCUT2D eigenvalue weighted by atomic mass is 9.95. The Bertz CT molecular complexity index is 1540. The van der Waals surface area contributed by atoms with E-state index < -0.39 is 12.0 Å². The van der Waals surface area contributed by atoms with Gasteiger partial charge in [-0.1, -0.05) is 56.5 Å². The number of benzene rings is 2. The van der Waals surface area contributed by atoms with Crippen LogP contribution in [0.25, 0.3) is 6.08 Å². The second kappa shape index (κ2) is 10.3. The van der Waals surface area contributed by atoms with E-state index in [4.69, 9.17) is 32.7 Å². The predicted molar refractivity (Wildman–Crippen MR) is 142 cm³/mol. The Labute approximate surface area is 224 Å². The molecule has 4 rings (SSSR count). The molecule has 0 saturated carbocycles. The number of rotatable bonds is 5. The van der Waals surface area contributed by atoms with Crippen molar-refractivity contribution in [2.75, 3.05) is 7.11 Å². The lowest BCUT2D eigenvalue weighted by Gasteiger charge is -2.26. The average molecular weight is 596 g/mol. The van der Waals surface area contributed by atoms with Gasteiger partial charge in [0.15, 0.2) is 4.80 Å². The number of carbonyl (C=O) groups excluding carboxylic acids is 1. The maximum atomic E-state index is 13.7. The fourth-order valence-corrected chi connectivity index (χ4v) is 5.71. The number of esters is 1. The Kier molecular flexibility index (Phi) is 7.57. The van der Waals surface area contributed by atoms with Crippen LogP contribution in [0, 0.1) is 0 Å². The number of nitrogens with zero attached hydrogens (tertiary/aromatic N) is 2. The van der Waals surface area contributed by atoms with E-state index in [2.05, 4.69) is 20.9 Å². The summed E-state index contributed by atoms with van der Waals surface area (Å²) in [4.78, 5) is 32.0. The van der Waals surface area contributed by atoms with E-state index in [9.17, 15) is 9.59 Å². The summed E-state index contributed by atoms with van der Waals surface area (Å²) in [6.07, 6.45) is 1.35. The van der Waals surface area contributed by atoms with Crippen molar-refractivity contribution in [2.45, 2.75) is 32.9 Å². The first kappa shape index (κ1) is 25.7. The number of allylic oxidation sites excluding steroid dienone is 1. The molecule has 0 unspecified atom stereocenters. The second-order valence-electron chi connectivity index (χ2n) is 8.09. The number of halogens is 3. The van der Waals surface area contributed by atoms with Crippen LogP contribution in [-0.4, -0.2) is 23.8 Å². The summed E-state index contributed by atoms with van der Waals surface area (Å²) in [5, 5.41) is 0.921. The molecule has 6 nitrogen and oxygen atoms in total. The second-order valence-corrected chi connectivity index (χ2v) is 10.9. The van der Waals surface area contributed by atoms with Crippen molar-refractivity contribution in [3.63, 3.8) is 0 Å². The molecular formula is C25H21BrCl2N2O4S. The average Bonchev–Trinajstić information content (AvgIpc) is 3.08. The van der Waals surface area contributed by atoms with Crippen molar-refractivity contribution in [1.82, 2.24) is 4.57 Å². The summed E-state index contributed by atoms with van der Waals surface area (Å²) in [5.41, 5.74) is 1.71. The van der Waals surface area contributed by atoms with E-state index in [1.54, 1.807) is 58.2 Å². The molecule has 0 fully saturated rings. The normalized spacial score (nSPS) is 15.8. The van der Waals surface area contributed by atoms with Crippen molar-refractivity contribution < 1.29 is 14.3 Å². The zero-order chi connectivity index (χ0) is 25.4. The highest BCUT2D eigenvalue weighted by atomic mass is 79.9. The summed E-state index contributed by atoms with van der Waals surface area (Å²) < 4.78 is 13.8. The first-order valence-corrected chi connectivity index (χ1v) is 13.0. The Morgan fingerprint density at radius 3 is 2.63 bits per heavy atom. The number of hydrogen-bond acceptors (Lipinski definition) is 6. The van der Waals surface area contributed by atoms with E-state index in [-0.39, 0.29) is 17.2 Å². The quantitative estimate of drug-likeness (QED) is 0.377. The third-order valence-corrected chi connectivity index (χ3v) is 7.36. The van der Waals surface area contributed by atoms with Gasteiger partial charge in [-0.05, 0) is 62.7 Å². The lowest BCUT2D eigenvalue weighted by molar-refractivity contribution is -0.143. The van der Waals surface area contributed by atoms with Crippen molar-refractivity contribution in [2.24, 2.45) is 4.99 Å². The van der Waals surface area contributed by atoms with E-state index in [1.807, 2.05) is 12.1 Å². The van der Waals surface area contributed by atoms with Gasteiger partial charge in [-0.15, -0.1) is 0 Å². The zero-order valence-electron chi connectivity index (χ0n) is 19.3. The van der Waals surface area contributed by atoms with Gasteiger partial charge in [-0.2, -0.15) is 0 Å². The van der Waals surface area contributed by atoms with Crippen LogP contribution in [0.5, 0.6) is 5.75 Å². The maximum Gasteiger partial charge on any atom is 0.338 e. The Morgan fingerprint density at radius 2 is 1.97 bits per heavy atom. The summed E-state index contributed by atoms with van der Waals surface area (Å²) >= 11 is 17.1. The molecule has 3 aromatic rings. The van der Waals surface area contributed by atoms with Gasteiger partial charge in [-0.25, -0.2) is 9.79 Å². The summed E-state index contributed by atoms with van der Waals surface area (Å²) in [6.45, 7) is 5.28. The standard InChI is InChI=1S/C25H21BrCl2N2O4S/c1-12(2)34-24(32)21-13(3)29-25-30(22(21)17-10-15(26)6-8-19(17)33-4)23(31)20(35-25)9-14-5-7-16(27)11-18(14)28/h5-12,22H,1-4H3/b20-9-/t22-/m0/s1. The van der Waals surface area contributed by atoms with Crippen LogP contribution >= 0.6 is 50.5 Å². The Morgan fingerprint density at radius 1 is 1.23 bits per heavy atom. The highest BCUT2D eigenvalue weighted by Gasteiger charge is 2.35. The number of aromatic nitrogens is 1. The third kappa shape index (κ3) is 5.11. The van der Waals surface area contributed by atoms with E-state index >= 15 is 0 Å². The number of ether oxygens (including phenoxy) is 2. The number of carbonyl (C=O) groups is 1. The van der Waals surface area contributed by atoms with Crippen molar-refractivity contribution >= 4 is 62.5 Å². The fourth-order valence-electron chi connectivity index (χ4n) is 3.83. The van der Waals surface area contributed by atoms with Gasteiger partial charge in [0, 0.05) is 20.1 Å². The molecule has 0 aliphatic carbocycles. The van der Waals surface area contributed by atoms with Gasteiger partial charge in [0.25, 0.3) is 5.56 Å². The topological polar surface area (TPSA) is 69.9 Å². The van der Waals surface area contributed by atoms with Gasteiger partial charge >= 0.3 is 5.97 Å². The minimum absolute atomic E-state index is 0.276. The molecule has 0 spiro atoms. The van der Waals surface area contributed by atoms with Crippen LogP contribution in [0.1, 0.15) is 37.9 Å². The largest absolute Gasteiger partial charge is 0.496 e. The van der Waals surface area contributed by atoms with E-state index in [0.29, 0.717) is 42.0 Å². The van der Waals surface area contributed by atoms with Crippen LogP contribution < -0.4 is 19.6 Å². The van der Waals surface area contributed by atoms with Crippen LogP contribution in [0.4, 0.5) is 0 Å². The molecule has 182 valence electrons. The number of hydrogen-bond donors (Lipinski definition) is 0. The summed E-state index contributed by atoms with van der Waals surface area (Å²) in [7, 11) is 1.54. The monoisotopic (exact) mass is 594 g/mol. The van der Waals surface area contributed by atoms with Crippen molar-refractivity contribution in [3.8, 4) is 5.75 Å². The predicted octanol–water partition coefficient (Wildman–Crippen LogP) is 5.26. The molecule has 0 saturated heterocycles. The number of fused-ring (bicyclic) bond motifs is 1. The van der Waals surface area contributed by atoms with Gasteiger partial charge in [-0.3, -0.25) is 9.36 Å². The highest BCUT2D eigenvalue weighted by Crippen LogP contribution is 2.37. The first-order chi connectivity index (χ1) is 16.6. The minimum atomic E-state index is -0.798. The first-order valence-electron chi connectivity index (χ1n) is 10.6. The fraction of sp³-hybridized carbons (Fsp3) is 0.240. The summed E-state index contributed by atoms with van der Waals surface area (Å²) in [5.74, 6) is -0.0126. The molecular weight excluding hydrogens is 575 g/mol. The molecule has 10 heteroatoms. The number of methoxy groups -OCH3 is 1. The molecule has 0 N–H and O–H groups in total. The molecule has 0 amide bonds. The Hall–Kier alpha value is -2.39. The smallest absolute Gasteiger partial charge is 0.338 e. The molecule has 0 radical (unpaired) electrons. The maximum absolute atomic E-state index is 13.7. The van der Waals surface area contributed by atoms with Gasteiger partial charge in [0.2, 0.25) is 0 Å². The lowest BCUT2D eigenvalue weighted by Crippen LogP contribution is -2.40. The minimum Gasteiger partial charge on any atom is -0.496 e. The highest BCUT2D eigenvalue weighted by molar-refractivity contribution is 9.10. The third-order valence-electron chi connectivity index (χ3n) is 5.32. The van der Waals surface area contributed by atoms with E-state index in [0.717, 1.165) is 4.47 Å². The molecule has 2 heterocycles. The Balaban J connectivity index is 2.01. The molecule has 0 bridgehead atoms. The van der Waals surface area contributed by atoms with Crippen molar-refractivity contribution in [3.05, 3.63) is 93.0 Å². The van der Waals surface area contributed by atoms with Gasteiger partial charge < -0.3 is 9.47 Å². The van der Waals surface area contributed by atoms with E-state index in [1.165, 1.54) is 15.9 Å². The van der Waals surface area contributed by atoms with Gasteiger partial charge in [0.05, 0.1) is 29.0 Å². The molecule has 1 aliphatic rings. The number of thiazole rings is 1. The van der Waals surface area contributed by atoms with Crippen LogP contribution in [0.2, 0.25) is 10.0 Å². The molecule has 1 atom stereocenters. The zero-order valence-corrected chi connectivity index (χ0v) is 23.2.